The summed E-state index contributed by atoms with van der Waals surface area (Å²) in [6, 6.07) is 3.18. The summed E-state index contributed by atoms with van der Waals surface area (Å²) in [6.45, 7) is 5.69. The van der Waals surface area contributed by atoms with Crippen molar-refractivity contribution in [3.8, 4) is 0 Å². The van der Waals surface area contributed by atoms with Gasteiger partial charge in [-0.15, -0.1) is 0 Å². The zero-order valence-corrected chi connectivity index (χ0v) is 18.4. The van der Waals surface area contributed by atoms with Crippen LogP contribution in [0.25, 0.3) is 0 Å². The lowest BCUT2D eigenvalue weighted by atomic mass is 9.97. The van der Waals surface area contributed by atoms with E-state index in [1.54, 1.807) is 18.3 Å². The summed E-state index contributed by atoms with van der Waals surface area (Å²) in [6.07, 6.45) is -2.91. The number of hydrogen-bond donors (Lipinski definition) is 0. The second-order valence-electron chi connectivity index (χ2n) is 7.19. The van der Waals surface area contributed by atoms with Gasteiger partial charge in [-0.25, -0.2) is 0 Å². The molecule has 2 rings (SSSR count). The third-order valence-electron chi connectivity index (χ3n) is 4.49. The fraction of sp³-hybridized carbons (Fsp3) is 0.524. The first-order valence-corrected chi connectivity index (χ1v) is 9.81. The Hall–Kier alpha value is -3.34. The number of ether oxygens (including phenoxy) is 5. The highest BCUT2D eigenvalue weighted by molar-refractivity contribution is 5.93. The molecule has 5 unspecified atom stereocenters. The Bertz CT molecular complexity index is 898. The molecule has 0 N–H and O–H groups in total. The minimum atomic E-state index is -1.28. The van der Waals surface area contributed by atoms with Gasteiger partial charge in [0.1, 0.15) is 12.7 Å². The van der Waals surface area contributed by atoms with Gasteiger partial charge < -0.3 is 23.7 Å². The summed E-state index contributed by atoms with van der Waals surface area (Å²) in [4.78, 5) is 58.7. The molecule has 11 nitrogen and oxygen atoms in total. The molecule has 1 aromatic heterocycles. The summed E-state index contributed by atoms with van der Waals surface area (Å²) in [7, 11) is 0. The maximum atomic E-state index is 11.9. The molecule has 174 valence electrons. The fourth-order valence-corrected chi connectivity index (χ4v) is 3.30. The van der Waals surface area contributed by atoms with E-state index < -0.39 is 54.5 Å². The number of esters is 4. The number of nitrogens with zero attached hydrogens (tertiary/aromatic N) is 1. The van der Waals surface area contributed by atoms with Crippen LogP contribution in [-0.4, -0.2) is 60.7 Å². The predicted molar refractivity (Wildman–Crippen MR) is 104 cm³/mol. The van der Waals surface area contributed by atoms with Gasteiger partial charge in [0.2, 0.25) is 6.10 Å². The highest BCUT2D eigenvalue weighted by Gasteiger charge is 2.56. The van der Waals surface area contributed by atoms with Crippen LogP contribution in [-0.2, 0) is 42.9 Å². The maximum Gasteiger partial charge on any atom is 0.304 e. The monoisotopic (exact) mass is 452 g/mol. The van der Waals surface area contributed by atoms with Gasteiger partial charge in [-0.2, -0.15) is 4.57 Å². The van der Waals surface area contributed by atoms with E-state index >= 15 is 0 Å². The largest absolute Gasteiger partial charge is 0.463 e. The lowest BCUT2D eigenvalue weighted by molar-refractivity contribution is -0.777. The Morgan fingerprint density at radius 3 is 1.94 bits per heavy atom. The van der Waals surface area contributed by atoms with E-state index in [9.17, 15) is 24.0 Å². The van der Waals surface area contributed by atoms with Crippen LogP contribution in [0.2, 0.25) is 0 Å². The Labute approximate surface area is 184 Å². The van der Waals surface area contributed by atoms with Crippen LogP contribution in [0.3, 0.4) is 0 Å². The van der Waals surface area contributed by atoms with Gasteiger partial charge in [-0.05, 0) is 13.0 Å². The van der Waals surface area contributed by atoms with Crippen LogP contribution >= 0.6 is 0 Å². The highest BCUT2D eigenvalue weighted by atomic mass is 16.7. The number of aromatic nitrogens is 1. The Morgan fingerprint density at radius 1 is 0.844 bits per heavy atom. The van der Waals surface area contributed by atoms with Crippen molar-refractivity contribution in [2.45, 2.75) is 65.3 Å². The van der Waals surface area contributed by atoms with E-state index in [1.165, 1.54) is 24.6 Å². The van der Waals surface area contributed by atoms with Gasteiger partial charge in [0, 0.05) is 33.8 Å². The molecule has 1 aliphatic rings. The first-order valence-electron chi connectivity index (χ1n) is 9.81. The van der Waals surface area contributed by atoms with Crippen LogP contribution in [0, 0.1) is 0 Å². The molecule has 0 radical (unpaired) electrons. The zero-order chi connectivity index (χ0) is 24.0. The molecule has 1 fully saturated rings. The number of carbonyl (C=O) groups is 5. The molecule has 5 atom stereocenters. The van der Waals surface area contributed by atoms with Crippen molar-refractivity contribution in [1.82, 2.24) is 0 Å². The van der Waals surface area contributed by atoms with Crippen LogP contribution in [0.1, 0.15) is 51.2 Å². The standard InChI is InChI=1S/C21H26NO10/c1-11(23)16-7-6-8-22(9-16)21-20(31-15(5)27)19(30-14(4)26)18(29-13(3)25)17(32-21)10-28-12(2)24/h6-9,17-21H,10H2,1-5H3/q+1. The quantitative estimate of drug-likeness (QED) is 0.248. The minimum Gasteiger partial charge on any atom is -0.463 e. The number of rotatable bonds is 7. The smallest absolute Gasteiger partial charge is 0.304 e. The lowest BCUT2D eigenvalue weighted by Gasteiger charge is -2.41. The zero-order valence-electron chi connectivity index (χ0n) is 18.4. The van der Waals surface area contributed by atoms with Crippen molar-refractivity contribution in [3.05, 3.63) is 30.1 Å². The molecule has 0 saturated carbocycles. The minimum absolute atomic E-state index is 0.218. The van der Waals surface area contributed by atoms with Crippen LogP contribution in [0.4, 0.5) is 0 Å². The van der Waals surface area contributed by atoms with Crippen molar-refractivity contribution < 1.29 is 52.2 Å². The number of pyridine rings is 1. The van der Waals surface area contributed by atoms with Crippen LogP contribution < -0.4 is 4.57 Å². The van der Waals surface area contributed by atoms with Crippen molar-refractivity contribution in [1.29, 1.82) is 0 Å². The SMILES string of the molecule is CC(=O)OCC1OC([n+]2cccc(C(C)=O)c2)C(OC(C)=O)C(OC(C)=O)C1OC(C)=O. The molecular formula is C21H26NO10+. The Morgan fingerprint density at radius 2 is 1.41 bits per heavy atom. The highest BCUT2D eigenvalue weighted by Crippen LogP contribution is 2.32. The Balaban J connectivity index is 2.58. The second-order valence-corrected chi connectivity index (χ2v) is 7.19. The molecule has 11 heteroatoms. The molecule has 2 heterocycles. The molecular weight excluding hydrogens is 426 g/mol. The normalized spacial score (nSPS) is 24.7. The molecule has 0 amide bonds. The number of hydrogen-bond acceptors (Lipinski definition) is 10. The number of ketones is 1. The van der Waals surface area contributed by atoms with E-state index in [-0.39, 0.29) is 12.4 Å². The van der Waals surface area contributed by atoms with Crippen LogP contribution in [0.15, 0.2) is 24.5 Å². The van der Waals surface area contributed by atoms with E-state index in [0.717, 1.165) is 20.8 Å². The van der Waals surface area contributed by atoms with E-state index in [1.807, 2.05) is 0 Å². The first-order chi connectivity index (χ1) is 15.0. The maximum absolute atomic E-state index is 11.9. The average molecular weight is 452 g/mol. The summed E-state index contributed by atoms with van der Waals surface area (Å²) < 4.78 is 28.7. The molecule has 0 bridgehead atoms. The fourth-order valence-electron chi connectivity index (χ4n) is 3.30. The lowest BCUT2D eigenvalue weighted by Crippen LogP contribution is -2.65. The predicted octanol–water partition coefficient (Wildman–Crippen LogP) is 0.432. The third kappa shape index (κ3) is 6.58. The average Bonchev–Trinajstić information content (AvgIpc) is 2.68. The van der Waals surface area contributed by atoms with Crippen LogP contribution in [0.5, 0.6) is 0 Å². The van der Waals surface area contributed by atoms with Crippen molar-refractivity contribution in [2.75, 3.05) is 6.61 Å². The molecule has 0 aliphatic carbocycles. The van der Waals surface area contributed by atoms with Gasteiger partial charge in [-0.3, -0.25) is 24.0 Å². The van der Waals surface area contributed by atoms with Gasteiger partial charge in [0.15, 0.2) is 30.4 Å². The summed E-state index contributed by atoms with van der Waals surface area (Å²) in [5.74, 6) is -2.97. The third-order valence-corrected chi connectivity index (χ3v) is 4.49. The molecule has 0 aromatic carbocycles. The first kappa shape index (κ1) is 24.9. The van der Waals surface area contributed by atoms with Gasteiger partial charge in [0.05, 0.1) is 5.56 Å². The van der Waals surface area contributed by atoms with E-state index in [2.05, 4.69) is 0 Å². The van der Waals surface area contributed by atoms with E-state index in [4.69, 9.17) is 23.7 Å². The molecule has 1 aliphatic heterocycles. The summed E-state index contributed by atoms with van der Waals surface area (Å²) in [5, 5.41) is 0. The molecule has 1 aromatic rings. The van der Waals surface area contributed by atoms with Gasteiger partial charge in [0.25, 0.3) is 0 Å². The second kappa shape index (κ2) is 10.8. The van der Waals surface area contributed by atoms with E-state index in [0.29, 0.717) is 5.56 Å². The van der Waals surface area contributed by atoms with Crippen molar-refractivity contribution in [2.24, 2.45) is 0 Å². The summed E-state index contributed by atoms with van der Waals surface area (Å²) in [5.41, 5.74) is 0.348. The molecule has 1 saturated heterocycles. The summed E-state index contributed by atoms with van der Waals surface area (Å²) >= 11 is 0. The topological polar surface area (TPSA) is 135 Å². The molecule has 0 spiro atoms. The van der Waals surface area contributed by atoms with Gasteiger partial charge in [-0.1, -0.05) is 0 Å². The number of Topliss-reactive ketones (excluding diaryl/α,β-unsaturated/α-hetero) is 1. The Kier molecular flexibility index (Phi) is 8.41. The van der Waals surface area contributed by atoms with Crippen molar-refractivity contribution >= 4 is 29.7 Å². The van der Waals surface area contributed by atoms with Gasteiger partial charge >= 0.3 is 30.1 Å². The molecule has 32 heavy (non-hydrogen) atoms. The van der Waals surface area contributed by atoms with Crippen molar-refractivity contribution in [3.63, 3.8) is 0 Å². The number of carbonyl (C=O) groups excluding carboxylic acids is 5.